The zero-order chi connectivity index (χ0) is 11.5. The van der Waals surface area contributed by atoms with Crippen LogP contribution >= 0.6 is 0 Å². The first-order chi connectivity index (χ1) is 7.66. The van der Waals surface area contributed by atoms with E-state index in [9.17, 15) is 4.79 Å². The van der Waals surface area contributed by atoms with E-state index in [1.165, 1.54) is 0 Å². The van der Waals surface area contributed by atoms with Gasteiger partial charge in [-0.1, -0.05) is 30.3 Å². The van der Waals surface area contributed by atoms with Gasteiger partial charge in [-0.3, -0.25) is 4.68 Å². The smallest absolute Gasteiger partial charge is 0.175 e. The standard InChI is InChI=1S/C12H11BN2O/c1-9-11(12(13)16)8-15(14-9)7-10-5-3-2-4-6-10/h2-6,8H,7H2,1H3. The van der Waals surface area contributed by atoms with Crippen molar-refractivity contribution in [1.82, 2.24) is 9.78 Å². The molecule has 0 atom stereocenters. The van der Waals surface area contributed by atoms with Crippen molar-refractivity contribution < 1.29 is 4.79 Å². The Kier molecular flexibility index (Phi) is 2.90. The Morgan fingerprint density at radius 1 is 1.38 bits per heavy atom. The average molecular weight is 210 g/mol. The fourth-order valence-corrected chi connectivity index (χ4v) is 1.61. The predicted molar refractivity (Wildman–Crippen MR) is 62.6 cm³/mol. The molecule has 0 aliphatic heterocycles. The van der Waals surface area contributed by atoms with Gasteiger partial charge in [0.15, 0.2) is 7.85 Å². The van der Waals surface area contributed by atoms with Gasteiger partial charge in [0, 0.05) is 11.8 Å². The third-order valence-corrected chi connectivity index (χ3v) is 2.40. The van der Waals surface area contributed by atoms with Crippen LogP contribution in [0.3, 0.4) is 0 Å². The summed E-state index contributed by atoms with van der Waals surface area (Å²) in [6.07, 6.45) is 1.69. The monoisotopic (exact) mass is 210 g/mol. The number of benzene rings is 1. The highest BCUT2D eigenvalue weighted by Gasteiger charge is 2.08. The molecule has 4 heteroatoms. The van der Waals surface area contributed by atoms with Crippen molar-refractivity contribution >= 4 is 13.5 Å². The number of nitrogens with zero attached hydrogens (tertiary/aromatic N) is 2. The molecule has 2 rings (SSSR count). The van der Waals surface area contributed by atoms with Crippen LogP contribution in [0, 0.1) is 6.92 Å². The number of hydrogen-bond acceptors (Lipinski definition) is 2. The van der Waals surface area contributed by atoms with Crippen LogP contribution in [0.4, 0.5) is 0 Å². The highest BCUT2D eigenvalue weighted by atomic mass is 16.1. The Morgan fingerprint density at radius 2 is 2.06 bits per heavy atom. The second-order valence-corrected chi connectivity index (χ2v) is 3.68. The lowest BCUT2D eigenvalue weighted by molar-refractivity contribution is 0.108. The predicted octanol–water partition coefficient (Wildman–Crippen LogP) is 1.55. The maximum absolute atomic E-state index is 11.1. The van der Waals surface area contributed by atoms with Gasteiger partial charge in [0.2, 0.25) is 0 Å². The van der Waals surface area contributed by atoms with Gasteiger partial charge in [-0.25, -0.2) is 0 Å². The minimum atomic E-state index is -0.434. The van der Waals surface area contributed by atoms with Gasteiger partial charge in [-0.05, 0) is 12.5 Å². The van der Waals surface area contributed by atoms with Crippen LogP contribution in [0.25, 0.3) is 0 Å². The lowest BCUT2D eigenvalue weighted by Crippen LogP contribution is -2.00. The first kappa shape index (κ1) is 10.7. The van der Waals surface area contributed by atoms with Crippen molar-refractivity contribution in [1.29, 1.82) is 0 Å². The Morgan fingerprint density at radius 3 is 2.62 bits per heavy atom. The first-order valence-electron chi connectivity index (χ1n) is 5.04. The molecular formula is C12H11BN2O. The molecule has 0 aliphatic rings. The van der Waals surface area contributed by atoms with Gasteiger partial charge in [0.25, 0.3) is 0 Å². The Balaban J connectivity index is 2.23. The van der Waals surface area contributed by atoms with Crippen LogP contribution in [0.2, 0.25) is 0 Å². The van der Waals surface area contributed by atoms with Crippen molar-refractivity contribution in [2.75, 3.05) is 0 Å². The second-order valence-electron chi connectivity index (χ2n) is 3.68. The molecule has 2 radical (unpaired) electrons. The fraction of sp³-hybridized carbons (Fsp3) is 0.167. The summed E-state index contributed by atoms with van der Waals surface area (Å²) in [7, 11) is 5.23. The highest BCUT2D eigenvalue weighted by Crippen LogP contribution is 2.08. The van der Waals surface area contributed by atoms with Crippen molar-refractivity contribution in [3.8, 4) is 0 Å². The molecular weight excluding hydrogens is 199 g/mol. The third-order valence-electron chi connectivity index (χ3n) is 2.40. The average Bonchev–Trinajstić information content (AvgIpc) is 2.61. The molecule has 0 unspecified atom stereocenters. The maximum Gasteiger partial charge on any atom is 0.175 e. The molecule has 0 spiro atoms. The topological polar surface area (TPSA) is 34.9 Å². The summed E-state index contributed by atoms with van der Waals surface area (Å²) < 4.78 is 1.73. The molecule has 16 heavy (non-hydrogen) atoms. The van der Waals surface area contributed by atoms with E-state index in [1.807, 2.05) is 30.3 Å². The number of carbonyl (C=O) groups is 1. The molecule has 0 N–H and O–H groups in total. The molecule has 0 amide bonds. The fourth-order valence-electron chi connectivity index (χ4n) is 1.61. The number of carbonyl (C=O) groups excluding carboxylic acids is 1. The molecule has 2 aromatic rings. The van der Waals surface area contributed by atoms with E-state index in [-0.39, 0.29) is 0 Å². The van der Waals surface area contributed by atoms with Crippen LogP contribution in [-0.2, 0) is 6.54 Å². The second kappa shape index (κ2) is 4.35. The number of aromatic nitrogens is 2. The van der Waals surface area contributed by atoms with Crippen LogP contribution in [0.15, 0.2) is 36.5 Å². The summed E-state index contributed by atoms with van der Waals surface area (Å²) in [4.78, 5) is 11.1. The Hall–Kier alpha value is -1.84. The summed E-state index contributed by atoms with van der Waals surface area (Å²) >= 11 is 0. The number of rotatable bonds is 3. The maximum atomic E-state index is 11.1. The van der Waals surface area contributed by atoms with E-state index in [2.05, 4.69) is 5.10 Å². The van der Waals surface area contributed by atoms with Crippen LogP contribution in [0.5, 0.6) is 0 Å². The van der Waals surface area contributed by atoms with E-state index in [0.29, 0.717) is 17.8 Å². The van der Waals surface area contributed by atoms with Gasteiger partial charge in [-0.2, -0.15) is 5.10 Å². The Bertz CT molecular complexity index is 505. The van der Waals surface area contributed by atoms with E-state index in [4.69, 9.17) is 7.85 Å². The van der Waals surface area contributed by atoms with Crippen LogP contribution in [0.1, 0.15) is 21.6 Å². The van der Waals surface area contributed by atoms with Crippen molar-refractivity contribution in [2.45, 2.75) is 13.5 Å². The molecule has 3 nitrogen and oxygen atoms in total. The quantitative estimate of drug-likeness (QED) is 0.720. The van der Waals surface area contributed by atoms with E-state index in [1.54, 1.807) is 17.8 Å². The first-order valence-corrected chi connectivity index (χ1v) is 5.04. The molecule has 78 valence electrons. The van der Waals surface area contributed by atoms with E-state index >= 15 is 0 Å². The summed E-state index contributed by atoms with van der Waals surface area (Å²) in [5.41, 5.74) is 1.86. The van der Waals surface area contributed by atoms with Crippen LogP contribution in [-0.4, -0.2) is 23.3 Å². The molecule has 1 heterocycles. The van der Waals surface area contributed by atoms with Gasteiger partial charge in [0.1, 0.15) is 5.68 Å². The third kappa shape index (κ3) is 2.22. The number of aryl methyl sites for hydroxylation is 1. The molecule has 0 aliphatic carbocycles. The lowest BCUT2D eigenvalue weighted by Gasteiger charge is -2.00. The van der Waals surface area contributed by atoms with Gasteiger partial charge in [-0.15, -0.1) is 0 Å². The molecule has 0 bridgehead atoms. The van der Waals surface area contributed by atoms with Gasteiger partial charge in [0.05, 0.1) is 12.2 Å². The largest absolute Gasteiger partial charge is 0.307 e. The zero-order valence-corrected chi connectivity index (χ0v) is 9.05. The highest BCUT2D eigenvalue weighted by molar-refractivity contribution is 6.62. The number of hydrogen-bond donors (Lipinski definition) is 0. The molecule has 1 aromatic carbocycles. The molecule has 0 fully saturated rings. The molecule has 1 aromatic heterocycles. The lowest BCUT2D eigenvalue weighted by atomic mass is 9.96. The van der Waals surface area contributed by atoms with Crippen molar-refractivity contribution in [3.05, 3.63) is 53.3 Å². The minimum Gasteiger partial charge on any atom is -0.307 e. The van der Waals surface area contributed by atoms with E-state index < -0.39 is 5.68 Å². The van der Waals surface area contributed by atoms with Crippen molar-refractivity contribution in [2.24, 2.45) is 0 Å². The zero-order valence-electron chi connectivity index (χ0n) is 9.05. The van der Waals surface area contributed by atoms with Gasteiger partial charge < -0.3 is 4.79 Å². The summed E-state index contributed by atoms with van der Waals surface area (Å²) in [5, 5.41) is 4.24. The van der Waals surface area contributed by atoms with Gasteiger partial charge >= 0.3 is 0 Å². The summed E-state index contributed by atoms with van der Waals surface area (Å²) in [5.74, 6) is 0. The Labute approximate surface area is 95.5 Å². The van der Waals surface area contributed by atoms with Crippen molar-refractivity contribution in [3.63, 3.8) is 0 Å². The molecule has 0 saturated heterocycles. The normalized spacial score (nSPS) is 10.3. The summed E-state index contributed by atoms with van der Waals surface area (Å²) in [6, 6.07) is 9.94. The SMILES string of the molecule is [B]C(=O)c1cn(Cc2ccccc2)nc1C. The minimum absolute atomic E-state index is 0.434. The molecule has 0 saturated carbocycles. The summed E-state index contributed by atoms with van der Waals surface area (Å²) in [6.45, 7) is 2.43. The van der Waals surface area contributed by atoms with Crippen LogP contribution < -0.4 is 0 Å². The van der Waals surface area contributed by atoms with E-state index in [0.717, 1.165) is 5.56 Å².